The van der Waals surface area contributed by atoms with Gasteiger partial charge < -0.3 is 5.11 Å². The van der Waals surface area contributed by atoms with Crippen molar-refractivity contribution in [3.8, 4) is 0 Å². The van der Waals surface area contributed by atoms with Gasteiger partial charge in [0.1, 0.15) is 5.78 Å². The highest BCUT2D eigenvalue weighted by Crippen LogP contribution is 2.66. The zero-order chi connectivity index (χ0) is 17.3. The Hall–Kier alpha value is -0.960. The van der Waals surface area contributed by atoms with E-state index < -0.39 is 6.10 Å². The monoisotopic (exact) mass is 330 g/mol. The van der Waals surface area contributed by atoms with Crippen molar-refractivity contribution in [2.45, 2.75) is 71.8 Å². The molecule has 3 heteroatoms. The van der Waals surface area contributed by atoms with Crippen molar-refractivity contribution in [3.05, 3.63) is 11.6 Å². The van der Waals surface area contributed by atoms with E-state index in [-0.39, 0.29) is 22.5 Å². The van der Waals surface area contributed by atoms with E-state index in [1.54, 1.807) is 13.0 Å². The number of carbonyl (C=O) groups excluding carboxylic acids is 2. The normalized spacial score (nSPS) is 50.6. The lowest BCUT2D eigenvalue weighted by molar-refractivity contribution is -0.130. The molecule has 0 aromatic rings. The molecule has 0 spiro atoms. The van der Waals surface area contributed by atoms with Crippen LogP contribution in [-0.2, 0) is 9.59 Å². The SMILES string of the molecule is CC(=O)[C@@H]1CC[C@@H]2[C@@H]3C[C@H](O)C4=CC(=O)CC[C@]4(C)[C@H]3CC[C@]21C. The zero-order valence-corrected chi connectivity index (χ0v) is 15.2. The van der Waals surface area contributed by atoms with Crippen molar-refractivity contribution in [1.29, 1.82) is 0 Å². The van der Waals surface area contributed by atoms with Crippen LogP contribution < -0.4 is 0 Å². The molecular weight excluding hydrogens is 300 g/mol. The summed E-state index contributed by atoms with van der Waals surface area (Å²) in [4.78, 5) is 24.1. The Labute approximate surface area is 144 Å². The van der Waals surface area contributed by atoms with Crippen LogP contribution in [0.25, 0.3) is 0 Å². The smallest absolute Gasteiger partial charge is 0.155 e. The van der Waals surface area contributed by atoms with Crippen LogP contribution in [0.2, 0.25) is 0 Å². The number of aliphatic hydroxyl groups excluding tert-OH is 1. The van der Waals surface area contributed by atoms with Crippen LogP contribution in [0, 0.1) is 34.5 Å². The third-order valence-corrected chi connectivity index (χ3v) is 8.47. The topological polar surface area (TPSA) is 54.4 Å². The zero-order valence-electron chi connectivity index (χ0n) is 15.2. The van der Waals surface area contributed by atoms with Crippen molar-refractivity contribution in [1.82, 2.24) is 0 Å². The van der Waals surface area contributed by atoms with E-state index in [1.807, 2.05) is 0 Å². The molecule has 0 radical (unpaired) electrons. The number of hydrogen-bond acceptors (Lipinski definition) is 3. The van der Waals surface area contributed by atoms with Crippen LogP contribution in [-0.4, -0.2) is 22.8 Å². The van der Waals surface area contributed by atoms with E-state index in [4.69, 9.17) is 0 Å². The minimum atomic E-state index is -0.473. The number of aliphatic hydroxyl groups is 1. The Morgan fingerprint density at radius 3 is 2.62 bits per heavy atom. The Balaban J connectivity index is 1.71. The van der Waals surface area contributed by atoms with E-state index >= 15 is 0 Å². The third kappa shape index (κ3) is 2.06. The first-order valence-electron chi connectivity index (χ1n) is 9.71. The quantitative estimate of drug-likeness (QED) is 0.797. The lowest BCUT2D eigenvalue weighted by Gasteiger charge is -2.59. The van der Waals surface area contributed by atoms with Gasteiger partial charge in [0, 0.05) is 12.3 Å². The van der Waals surface area contributed by atoms with Gasteiger partial charge in [0.15, 0.2) is 5.78 Å². The lowest BCUT2D eigenvalue weighted by atomic mass is 9.46. The Morgan fingerprint density at radius 1 is 1.17 bits per heavy atom. The largest absolute Gasteiger partial charge is 0.389 e. The molecule has 3 fully saturated rings. The Kier molecular flexibility index (Phi) is 3.62. The predicted molar refractivity (Wildman–Crippen MR) is 92.3 cm³/mol. The fourth-order valence-corrected chi connectivity index (χ4v) is 7.27. The molecule has 0 amide bonds. The van der Waals surface area contributed by atoms with Crippen LogP contribution in [0.3, 0.4) is 0 Å². The fraction of sp³-hybridized carbons (Fsp3) is 0.810. The van der Waals surface area contributed by atoms with Crippen LogP contribution >= 0.6 is 0 Å². The third-order valence-electron chi connectivity index (χ3n) is 8.47. The summed E-state index contributed by atoms with van der Waals surface area (Å²) in [6, 6.07) is 0. The maximum absolute atomic E-state index is 12.2. The van der Waals surface area contributed by atoms with E-state index in [2.05, 4.69) is 13.8 Å². The fourth-order valence-electron chi connectivity index (χ4n) is 7.27. The molecule has 4 aliphatic rings. The van der Waals surface area contributed by atoms with Gasteiger partial charge in [-0.15, -0.1) is 0 Å². The molecule has 4 aliphatic carbocycles. The highest BCUT2D eigenvalue weighted by atomic mass is 16.3. The molecule has 0 heterocycles. The van der Waals surface area contributed by atoms with Gasteiger partial charge in [0.05, 0.1) is 6.10 Å². The summed E-state index contributed by atoms with van der Waals surface area (Å²) in [5.41, 5.74) is 1.10. The molecule has 0 bridgehead atoms. The average Bonchev–Trinajstić information content (AvgIpc) is 2.87. The van der Waals surface area contributed by atoms with Crippen molar-refractivity contribution >= 4 is 11.6 Å². The molecule has 4 rings (SSSR count). The first kappa shape index (κ1) is 16.5. The number of Topliss-reactive ketones (excluding diaryl/α,β-unsaturated/α-hetero) is 1. The van der Waals surface area contributed by atoms with Crippen molar-refractivity contribution in [2.24, 2.45) is 34.5 Å². The van der Waals surface area contributed by atoms with Gasteiger partial charge in [0.2, 0.25) is 0 Å². The molecule has 0 aliphatic heterocycles. The number of rotatable bonds is 1. The molecule has 1 N–H and O–H groups in total. The summed E-state index contributed by atoms with van der Waals surface area (Å²) < 4.78 is 0. The minimum absolute atomic E-state index is 0.0219. The molecule has 0 aromatic heterocycles. The molecule has 3 nitrogen and oxygen atoms in total. The van der Waals surface area contributed by atoms with Gasteiger partial charge in [-0.1, -0.05) is 13.8 Å². The summed E-state index contributed by atoms with van der Waals surface area (Å²) >= 11 is 0. The second kappa shape index (κ2) is 5.27. The molecule has 0 aromatic carbocycles. The van der Waals surface area contributed by atoms with Gasteiger partial charge in [-0.3, -0.25) is 9.59 Å². The molecule has 0 unspecified atom stereocenters. The van der Waals surface area contributed by atoms with Crippen LogP contribution in [0.15, 0.2) is 11.6 Å². The average molecular weight is 330 g/mol. The summed E-state index contributed by atoms with van der Waals surface area (Å²) in [6.45, 7) is 6.37. The number of ketones is 2. The highest BCUT2D eigenvalue weighted by Gasteiger charge is 2.61. The number of fused-ring (bicyclic) bond motifs is 5. The van der Waals surface area contributed by atoms with Gasteiger partial charge in [-0.05, 0) is 85.7 Å². The maximum Gasteiger partial charge on any atom is 0.155 e. The Morgan fingerprint density at radius 2 is 1.92 bits per heavy atom. The van der Waals surface area contributed by atoms with E-state index in [9.17, 15) is 14.7 Å². The highest BCUT2D eigenvalue weighted by molar-refractivity contribution is 5.91. The van der Waals surface area contributed by atoms with Gasteiger partial charge in [-0.2, -0.15) is 0 Å². The summed E-state index contributed by atoms with van der Waals surface area (Å²) in [5.74, 6) is 2.35. The molecule has 7 atom stereocenters. The van der Waals surface area contributed by atoms with Crippen molar-refractivity contribution in [3.63, 3.8) is 0 Å². The molecule has 24 heavy (non-hydrogen) atoms. The first-order valence-corrected chi connectivity index (χ1v) is 9.71. The van der Waals surface area contributed by atoms with Crippen molar-refractivity contribution < 1.29 is 14.7 Å². The van der Waals surface area contributed by atoms with E-state index in [0.717, 1.165) is 44.1 Å². The van der Waals surface area contributed by atoms with E-state index in [1.165, 1.54) is 0 Å². The predicted octanol–water partition coefficient (Wildman–Crippen LogP) is 3.69. The standard InChI is InChI=1S/C21H30O3/c1-12(22)15-4-5-16-14-11-19(24)18-10-13(23)6-8-21(18,3)17(14)7-9-20(15,16)2/h10,14-17,19,24H,4-9,11H2,1-3H3/t14-,15-,16+,17-,19-,20-,21+/m0/s1. The van der Waals surface area contributed by atoms with Crippen LogP contribution in [0.1, 0.15) is 65.7 Å². The minimum Gasteiger partial charge on any atom is -0.389 e. The second-order valence-electron chi connectivity index (χ2n) is 9.40. The second-order valence-corrected chi connectivity index (χ2v) is 9.40. The summed E-state index contributed by atoms with van der Waals surface area (Å²) in [6.07, 6.45) is 7.97. The van der Waals surface area contributed by atoms with Crippen LogP contribution in [0.5, 0.6) is 0 Å². The first-order chi connectivity index (χ1) is 11.3. The maximum atomic E-state index is 12.2. The number of carbonyl (C=O) groups is 2. The van der Waals surface area contributed by atoms with Gasteiger partial charge in [-0.25, -0.2) is 0 Å². The lowest BCUT2D eigenvalue weighted by Crippen LogP contribution is -2.54. The molecule has 3 saturated carbocycles. The summed E-state index contributed by atoms with van der Waals surface area (Å²) in [5, 5.41) is 10.8. The molecule has 0 saturated heterocycles. The summed E-state index contributed by atoms with van der Waals surface area (Å²) in [7, 11) is 0. The molecular formula is C21H30O3. The van der Waals surface area contributed by atoms with E-state index in [0.29, 0.717) is 30.0 Å². The number of hydrogen-bond donors (Lipinski definition) is 1. The Bertz CT molecular complexity index is 621. The van der Waals surface area contributed by atoms with Crippen LogP contribution in [0.4, 0.5) is 0 Å². The molecule has 132 valence electrons. The van der Waals surface area contributed by atoms with Gasteiger partial charge in [0.25, 0.3) is 0 Å². The van der Waals surface area contributed by atoms with Gasteiger partial charge >= 0.3 is 0 Å². The van der Waals surface area contributed by atoms with Crippen molar-refractivity contribution in [2.75, 3.05) is 0 Å².